The van der Waals surface area contributed by atoms with Gasteiger partial charge in [-0.15, -0.1) is 0 Å². The highest BCUT2D eigenvalue weighted by atomic mass is 16.5. The molecule has 0 bridgehead atoms. The summed E-state index contributed by atoms with van der Waals surface area (Å²) in [6, 6.07) is 5.95. The average molecular weight is 431 g/mol. The lowest BCUT2D eigenvalue weighted by molar-refractivity contribution is 0.0645. The minimum Gasteiger partial charge on any atom is -0.493 e. The van der Waals surface area contributed by atoms with Gasteiger partial charge < -0.3 is 24.8 Å². The molecule has 172 valence electrons. The molecule has 2 heterocycles. The van der Waals surface area contributed by atoms with Crippen molar-refractivity contribution in [2.75, 3.05) is 33.4 Å². The van der Waals surface area contributed by atoms with Crippen LogP contribution in [0.25, 0.3) is 0 Å². The topological polar surface area (TPSA) is 71.8 Å². The number of hydrogen-bond acceptors (Lipinski definition) is 6. The summed E-state index contributed by atoms with van der Waals surface area (Å²) in [5.74, 6) is 1.36. The van der Waals surface area contributed by atoms with Crippen molar-refractivity contribution in [3.05, 3.63) is 41.7 Å². The molecule has 3 rings (SSSR count). The Labute approximate surface area is 186 Å². The maximum atomic E-state index is 10.5. The summed E-state index contributed by atoms with van der Waals surface area (Å²) >= 11 is 0. The van der Waals surface area contributed by atoms with Gasteiger partial charge >= 0.3 is 0 Å². The Balaban J connectivity index is 1.45. The summed E-state index contributed by atoms with van der Waals surface area (Å²) in [5, 5.41) is 18.2. The Hall–Kier alpha value is -2.09. The molecule has 1 aromatic carbocycles. The van der Waals surface area contributed by atoms with E-state index in [-0.39, 0.29) is 6.61 Å². The fourth-order valence-corrected chi connectivity index (χ4v) is 4.00. The number of aromatic nitrogens is 2. The number of hydrogen-bond donors (Lipinski definition) is 2. The zero-order chi connectivity index (χ0) is 21.9. The molecule has 0 spiro atoms. The second-order valence-corrected chi connectivity index (χ2v) is 8.33. The van der Waals surface area contributed by atoms with Crippen molar-refractivity contribution in [1.29, 1.82) is 0 Å². The Morgan fingerprint density at radius 3 is 2.52 bits per heavy atom. The molecule has 7 heteroatoms. The highest BCUT2D eigenvalue weighted by Gasteiger charge is 2.15. The van der Waals surface area contributed by atoms with Crippen LogP contribution in [0.15, 0.2) is 30.6 Å². The third kappa shape index (κ3) is 7.83. The molecule has 0 aliphatic carbocycles. The van der Waals surface area contributed by atoms with Crippen molar-refractivity contribution in [2.45, 2.75) is 64.8 Å². The highest BCUT2D eigenvalue weighted by Crippen LogP contribution is 2.28. The Morgan fingerprint density at radius 2 is 1.81 bits per heavy atom. The number of β-amino-alcohol motifs (C(OH)–C–C–N with tert-alkyl or cyclic N) is 1. The van der Waals surface area contributed by atoms with E-state index >= 15 is 0 Å². The molecule has 31 heavy (non-hydrogen) atoms. The molecule has 2 aromatic rings. The first-order valence-corrected chi connectivity index (χ1v) is 11.6. The summed E-state index contributed by atoms with van der Waals surface area (Å²) in [6.07, 6.45) is 9.82. The van der Waals surface area contributed by atoms with Gasteiger partial charge in [0.15, 0.2) is 11.5 Å². The number of methoxy groups -OCH3 is 1. The number of nitrogens with zero attached hydrogens (tertiary/aromatic N) is 3. The van der Waals surface area contributed by atoms with Crippen molar-refractivity contribution < 1.29 is 14.6 Å². The molecule has 2 N–H and O–H groups in total. The molecular formula is C24H38N4O3. The van der Waals surface area contributed by atoms with E-state index in [1.165, 1.54) is 37.7 Å². The molecule has 1 fully saturated rings. The van der Waals surface area contributed by atoms with Gasteiger partial charge in [-0.05, 0) is 50.6 Å². The third-order valence-electron chi connectivity index (χ3n) is 5.75. The highest BCUT2D eigenvalue weighted by molar-refractivity contribution is 5.43. The van der Waals surface area contributed by atoms with Gasteiger partial charge in [-0.1, -0.05) is 25.3 Å². The first kappa shape index (κ1) is 23.6. The first-order valence-electron chi connectivity index (χ1n) is 11.6. The normalized spacial score (nSPS) is 16.5. The summed E-state index contributed by atoms with van der Waals surface area (Å²) in [6.45, 7) is 7.53. The minimum absolute atomic E-state index is 0.270. The largest absolute Gasteiger partial charge is 0.493 e. The Kier molecular flexibility index (Phi) is 9.65. The van der Waals surface area contributed by atoms with Crippen LogP contribution in [-0.2, 0) is 19.6 Å². The van der Waals surface area contributed by atoms with Crippen LogP contribution in [0.2, 0.25) is 0 Å². The van der Waals surface area contributed by atoms with Gasteiger partial charge in [0.2, 0.25) is 0 Å². The van der Waals surface area contributed by atoms with Crippen molar-refractivity contribution in [2.24, 2.45) is 0 Å². The zero-order valence-electron chi connectivity index (χ0n) is 19.1. The second-order valence-electron chi connectivity index (χ2n) is 8.33. The van der Waals surface area contributed by atoms with Crippen LogP contribution in [0.4, 0.5) is 0 Å². The smallest absolute Gasteiger partial charge is 0.161 e. The Bertz CT molecular complexity index is 772. The molecular weight excluding hydrogens is 392 g/mol. The van der Waals surface area contributed by atoms with E-state index in [0.717, 1.165) is 38.3 Å². The van der Waals surface area contributed by atoms with Crippen LogP contribution in [-0.4, -0.2) is 59.2 Å². The summed E-state index contributed by atoms with van der Waals surface area (Å²) in [4.78, 5) is 2.36. The van der Waals surface area contributed by atoms with E-state index in [9.17, 15) is 5.11 Å². The van der Waals surface area contributed by atoms with E-state index in [2.05, 4.69) is 28.4 Å². The Morgan fingerprint density at radius 1 is 1.06 bits per heavy atom. The number of aliphatic hydroxyl groups is 1. The fourth-order valence-electron chi connectivity index (χ4n) is 4.00. The van der Waals surface area contributed by atoms with Crippen LogP contribution < -0.4 is 14.8 Å². The molecule has 1 aromatic heterocycles. The first-order chi connectivity index (χ1) is 15.2. The summed E-state index contributed by atoms with van der Waals surface area (Å²) in [5.41, 5.74) is 2.29. The molecule has 0 radical (unpaired) electrons. The standard InChI is InChI=1S/C24H38N4O3/c1-3-28-17-21(16-26-28)15-25-14-20-9-10-23(24(13-20)30-2)31-19-22(29)18-27-11-7-5-4-6-8-12-27/h9-10,13,16-17,22,25,29H,3-8,11-12,14-15,18-19H2,1-2H3. The van der Waals surface area contributed by atoms with Crippen LogP contribution >= 0.6 is 0 Å². The van der Waals surface area contributed by atoms with Gasteiger partial charge in [-0.3, -0.25) is 4.68 Å². The molecule has 1 unspecified atom stereocenters. The number of aryl methyl sites for hydroxylation is 1. The van der Waals surface area contributed by atoms with Gasteiger partial charge in [0.1, 0.15) is 12.7 Å². The van der Waals surface area contributed by atoms with Gasteiger partial charge in [-0.25, -0.2) is 0 Å². The number of rotatable bonds is 11. The molecule has 0 saturated carbocycles. The maximum absolute atomic E-state index is 10.5. The minimum atomic E-state index is -0.505. The van der Waals surface area contributed by atoms with Crippen molar-refractivity contribution in [3.8, 4) is 11.5 Å². The van der Waals surface area contributed by atoms with Crippen molar-refractivity contribution in [3.63, 3.8) is 0 Å². The average Bonchev–Trinajstić information content (AvgIpc) is 3.22. The number of ether oxygens (including phenoxy) is 2. The SMILES string of the molecule is CCn1cc(CNCc2ccc(OCC(O)CN3CCCCCCC3)c(OC)c2)cn1. The van der Waals surface area contributed by atoms with E-state index in [0.29, 0.717) is 18.0 Å². The molecule has 0 amide bonds. The number of aliphatic hydroxyl groups excluding tert-OH is 1. The van der Waals surface area contributed by atoms with E-state index < -0.39 is 6.10 Å². The predicted octanol–water partition coefficient (Wildman–Crippen LogP) is 3.21. The predicted molar refractivity (Wildman–Crippen MR) is 122 cm³/mol. The second kappa shape index (κ2) is 12.7. The number of nitrogens with one attached hydrogen (secondary N) is 1. The van der Waals surface area contributed by atoms with E-state index in [1.807, 2.05) is 29.1 Å². The van der Waals surface area contributed by atoms with Crippen molar-refractivity contribution >= 4 is 0 Å². The molecule has 1 aliphatic rings. The van der Waals surface area contributed by atoms with E-state index in [1.54, 1.807) is 7.11 Å². The van der Waals surface area contributed by atoms with Crippen molar-refractivity contribution in [1.82, 2.24) is 20.0 Å². The van der Waals surface area contributed by atoms with Gasteiger partial charge in [-0.2, -0.15) is 5.10 Å². The number of likely N-dealkylation sites (tertiary alicyclic amines) is 1. The lowest BCUT2D eigenvalue weighted by atomic mass is 10.1. The lowest BCUT2D eigenvalue weighted by Crippen LogP contribution is -2.37. The van der Waals surface area contributed by atoms with Crippen LogP contribution in [0.5, 0.6) is 11.5 Å². The van der Waals surface area contributed by atoms with Crippen LogP contribution in [0.1, 0.15) is 50.2 Å². The monoisotopic (exact) mass is 430 g/mol. The van der Waals surface area contributed by atoms with Gasteiger partial charge in [0, 0.05) is 37.9 Å². The maximum Gasteiger partial charge on any atom is 0.161 e. The number of benzene rings is 1. The van der Waals surface area contributed by atoms with Crippen LogP contribution in [0.3, 0.4) is 0 Å². The molecule has 1 atom stereocenters. The summed E-state index contributed by atoms with van der Waals surface area (Å²) < 4.78 is 13.3. The quantitative estimate of drug-likeness (QED) is 0.570. The zero-order valence-corrected chi connectivity index (χ0v) is 19.1. The van der Waals surface area contributed by atoms with E-state index in [4.69, 9.17) is 9.47 Å². The third-order valence-corrected chi connectivity index (χ3v) is 5.75. The molecule has 7 nitrogen and oxygen atoms in total. The van der Waals surface area contributed by atoms with Crippen LogP contribution in [0, 0.1) is 0 Å². The van der Waals surface area contributed by atoms with Gasteiger partial charge in [0.25, 0.3) is 0 Å². The fraction of sp³-hybridized carbons (Fsp3) is 0.625. The van der Waals surface area contributed by atoms with Gasteiger partial charge in [0.05, 0.1) is 13.3 Å². The molecule has 1 saturated heterocycles. The lowest BCUT2D eigenvalue weighted by Gasteiger charge is -2.26. The molecule has 1 aliphatic heterocycles. The summed E-state index contributed by atoms with van der Waals surface area (Å²) in [7, 11) is 1.65.